The van der Waals surface area contributed by atoms with Crippen LogP contribution in [0.15, 0.2) is 60.7 Å². The molecule has 0 spiro atoms. The molecular weight excluding hydrogens is 340 g/mol. The molecule has 6 heteroatoms. The SMILES string of the molecule is COc1cccc(NC(=O)Nc2cc(C(C)(C)C)nn2-c2ccccc2)c1. The zero-order chi connectivity index (χ0) is 19.4. The summed E-state index contributed by atoms with van der Waals surface area (Å²) in [6, 6.07) is 18.5. The summed E-state index contributed by atoms with van der Waals surface area (Å²) >= 11 is 0. The van der Waals surface area contributed by atoms with Crippen LogP contribution in [0.4, 0.5) is 16.3 Å². The Bertz CT molecular complexity index is 927. The van der Waals surface area contributed by atoms with Gasteiger partial charge >= 0.3 is 6.03 Å². The van der Waals surface area contributed by atoms with Crippen LogP contribution in [0.5, 0.6) is 5.75 Å². The van der Waals surface area contributed by atoms with E-state index in [-0.39, 0.29) is 11.4 Å². The summed E-state index contributed by atoms with van der Waals surface area (Å²) < 4.78 is 6.93. The highest BCUT2D eigenvalue weighted by Crippen LogP contribution is 2.26. The van der Waals surface area contributed by atoms with Crippen molar-refractivity contribution >= 4 is 17.5 Å². The van der Waals surface area contributed by atoms with Crippen molar-refractivity contribution in [2.75, 3.05) is 17.7 Å². The van der Waals surface area contributed by atoms with Crippen molar-refractivity contribution < 1.29 is 9.53 Å². The Morgan fingerprint density at radius 2 is 1.74 bits per heavy atom. The van der Waals surface area contributed by atoms with E-state index in [0.29, 0.717) is 17.3 Å². The summed E-state index contributed by atoms with van der Waals surface area (Å²) in [4.78, 5) is 12.5. The molecule has 1 heterocycles. The number of ether oxygens (including phenoxy) is 1. The van der Waals surface area contributed by atoms with Crippen LogP contribution in [0, 0.1) is 0 Å². The second-order valence-corrected chi connectivity index (χ2v) is 7.22. The third kappa shape index (κ3) is 4.47. The monoisotopic (exact) mass is 364 g/mol. The molecule has 0 aliphatic heterocycles. The lowest BCUT2D eigenvalue weighted by molar-refractivity contribution is 0.262. The summed E-state index contributed by atoms with van der Waals surface area (Å²) in [7, 11) is 1.59. The zero-order valence-corrected chi connectivity index (χ0v) is 16.0. The molecule has 0 fully saturated rings. The highest BCUT2D eigenvalue weighted by Gasteiger charge is 2.21. The number of nitrogens with one attached hydrogen (secondary N) is 2. The van der Waals surface area contributed by atoms with Crippen LogP contribution in [0.1, 0.15) is 26.5 Å². The van der Waals surface area contributed by atoms with E-state index in [1.54, 1.807) is 23.9 Å². The van der Waals surface area contributed by atoms with Gasteiger partial charge in [0.05, 0.1) is 18.5 Å². The first-order valence-corrected chi connectivity index (χ1v) is 8.75. The topological polar surface area (TPSA) is 68.2 Å². The fraction of sp³-hybridized carbons (Fsp3) is 0.238. The van der Waals surface area contributed by atoms with Crippen molar-refractivity contribution in [1.29, 1.82) is 0 Å². The Kier molecular flexibility index (Phi) is 5.16. The maximum Gasteiger partial charge on any atom is 0.324 e. The van der Waals surface area contributed by atoms with Crippen LogP contribution in [0.25, 0.3) is 5.69 Å². The van der Waals surface area contributed by atoms with Crippen LogP contribution >= 0.6 is 0 Å². The third-order valence-corrected chi connectivity index (χ3v) is 4.05. The average molecular weight is 364 g/mol. The van der Waals surface area contributed by atoms with E-state index < -0.39 is 0 Å². The normalized spacial score (nSPS) is 11.1. The van der Waals surface area contributed by atoms with Crippen molar-refractivity contribution in [3.8, 4) is 11.4 Å². The number of carbonyl (C=O) groups excluding carboxylic acids is 1. The van der Waals surface area contributed by atoms with E-state index in [1.165, 1.54) is 0 Å². The zero-order valence-electron chi connectivity index (χ0n) is 16.0. The van der Waals surface area contributed by atoms with Gasteiger partial charge in [-0.05, 0) is 24.3 Å². The fourth-order valence-corrected chi connectivity index (χ4v) is 2.58. The highest BCUT2D eigenvalue weighted by molar-refractivity contribution is 5.99. The number of urea groups is 1. The molecule has 0 saturated heterocycles. The first-order chi connectivity index (χ1) is 12.9. The maximum atomic E-state index is 12.5. The molecule has 2 amide bonds. The number of aromatic nitrogens is 2. The van der Waals surface area contributed by atoms with Crippen molar-refractivity contribution in [3.05, 3.63) is 66.4 Å². The molecule has 140 valence electrons. The van der Waals surface area contributed by atoms with Gasteiger partial charge in [-0.3, -0.25) is 5.32 Å². The second-order valence-electron chi connectivity index (χ2n) is 7.22. The molecular formula is C21H24N4O2. The number of anilines is 2. The van der Waals surface area contributed by atoms with Crippen molar-refractivity contribution in [2.24, 2.45) is 0 Å². The number of hydrogen-bond acceptors (Lipinski definition) is 3. The van der Waals surface area contributed by atoms with Crippen LogP contribution in [0.3, 0.4) is 0 Å². The smallest absolute Gasteiger partial charge is 0.324 e. The molecule has 0 saturated carbocycles. The Morgan fingerprint density at radius 1 is 1.00 bits per heavy atom. The van der Waals surface area contributed by atoms with Crippen molar-refractivity contribution in [3.63, 3.8) is 0 Å². The predicted octanol–water partition coefficient (Wildman–Crippen LogP) is 4.82. The van der Waals surface area contributed by atoms with Gasteiger partial charge < -0.3 is 10.1 Å². The first kappa shape index (κ1) is 18.5. The molecule has 27 heavy (non-hydrogen) atoms. The number of methoxy groups -OCH3 is 1. The van der Waals surface area contributed by atoms with Gasteiger partial charge in [-0.2, -0.15) is 5.10 Å². The molecule has 2 aromatic carbocycles. The lowest BCUT2D eigenvalue weighted by atomic mass is 9.92. The number of rotatable bonds is 4. The number of benzene rings is 2. The van der Waals surface area contributed by atoms with Crippen molar-refractivity contribution in [1.82, 2.24) is 9.78 Å². The van der Waals surface area contributed by atoms with Crippen LogP contribution < -0.4 is 15.4 Å². The molecule has 0 aliphatic carbocycles. The quantitative estimate of drug-likeness (QED) is 0.697. The Balaban J connectivity index is 1.86. The lowest BCUT2D eigenvalue weighted by Crippen LogP contribution is -2.21. The first-order valence-electron chi connectivity index (χ1n) is 8.75. The molecule has 0 aliphatic rings. The van der Waals surface area contributed by atoms with Crippen LogP contribution in [0.2, 0.25) is 0 Å². The average Bonchev–Trinajstić information content (AvgIpc) is 3.06. The molecule has 0 atom stereocenters. The summed E-state index contributed by atoms with van der Waals surface area (Å²) in [5.74, 6) is 1.28. The Morgan fingerprint density at radius 3 is 2.41 bits per heavy atom. The summed E-state index contributed by atoms with van der Waals surface area (Å²) in [6.07, 6.45) is 0. The van der Waals surface area contributed by atoms with Gasteiger partial charge in [0.1, 0.15) is 11.6 Å². The molecule has 0 radical (unpaired) electrons. The minimum atomic E-state index is -0.346. The molecule has 0 unspecified atom stereocenters. The minimum absolute atomic E-state index is 0.139. The predicted molar refractivity (Wildman–Crippen MR) is 108 cm³/mol. The van der Waals surface area contributed by atoms with E-state index in [9.17, 15) is 4.79 Å². The Hall–Kier alpha value is -3.28. The number of nitrogens with zero attached hydrogens (tertiary/aromatic N) is 2. The van der Waals surface area contributed by atoms with Gasteiger partial charge in [0.25, 0.3) is 0 Å². The van der Waals surface area contributed by atoms with Crippen molar-refractivity contribution in [2.45, 2.75) is 26.2 Å². The van der Waals surface area contributed by atoms with E-state index in [1.807, 2.05) is 48.5 Å². The standard InChI is InChI=1S/C21H24N4O2/c1-21(2,3)18-14-19(25(24-18)16-10-6-5-7-11-16)23-20(26)22-15-9-8-12-17(13-15)27-4/h5-14H,1-4H3,(H2,22,23,26). The van der Waals surface area contributed by atoms with E-state index in [2.05, 4.69) is 31.4 Å². The van der Waals surface area contributed by atoms with E-state index in [0.717, 1.165) is 11.4 Å². The largest absolute Gasteiger partial charge is 0.497 e. The molecule has 3 rings (SSSR count). The summed E-state index contributed by atoms with van der Waals surface area (Å²) in [6.45, 7) is 6.26. The number of para-hydroxylation sites is 1. The van der Waals surface area contributed by atoms with Gasteiger partial charge in [-0.1, -0.05) is 45.0 Å². The highest BCUT2D eigenvalue weighted by atomic mass is 16.5. The van der Waals surface area contributed by atoms with Gasteiger partial charge in [-0.25, -0.2) is 9.48 Å². The second kappa shape index (κ2) is 7.53. The Labute approximate surface area is 159 Å². The summed E-state index contributed by atoms with van der Waals surface area (Å²) in [5.41, 5.74) is 2.28. The molecule has 6 nitrogen and oxygen atoms in total. The van der Waals surface area contributed by atoms with Crippen LogP contribution in [-0.2, 0) is 5.41 Å². The fourth-order valence-electron chi connectivity index (χ4n) is 2.58. The lowest BCUT2D eigenvalue weighted by Gasteiger charge is -2.14. The maximum absolute atomic E-state index is 12.5. The van der Waals surface area contributed by atoms with Crippen LogP contribution in [-0.4, -0.2) is 22.9 Å². The number of hydrogen-bond donors (Lipinski definition) is 2. The molecule has 2 N–H and O–H groups in total. The number of amides is 2. The number of carbonyl (C=O) groups is 1. The van der Waals surface area contributed by atoms with E-state index >= 15 is 0 Å². The van der Waals surface area contributed by atoms with E-state index in [4.69, 9.17) is 9.84 Å². The van der Waals surface area contributed by atoms with Gasteiger partial charge in [0, 0.05) is 23.2 Å². The molecule has 3 aromatic rings. The van der Waals surface area contributed by atoms with Gasteiger partial charge in [0.15, 0.2) is 0 Å². The molecule has 1 aromatic heterocycles. The van der Waals surface area contributed by atoms with Gasteiger partial charge in [-0.15, -0.1) is 0 Å². The van der Waals surface area contributed by atoms with Gasteiger partial charge in [0.2, 0.25) is 0 Å². The minimum Gasteiger partial charge on any atom is -0.497 e. The summed E-state index contributed by atoms with van der Waals surface area (Å²) in [5, 5.41) is 10.4. The third-order valence-electron chi connectivity index (χ3n) is 4.05. The molecule has 0 bridgehead atoms.